The number of rotatable bonds is 7. The molecule has 1 N–H and O–H groups in total. The van der Waals surface area contributed by atoms with Crippen LogP contribution in [0.4, 0.5) is 4.79 Å². The summed E-state index contributed by atoms with van der Waals surface area (Å²) >= 11 is 0. The van der Waals surface area contributed by atoms with Gasteiger partial charge in [0.25, 0.3) is 0 Å². The summed E-state index contributed by atoms with van der Waals surface area (Å²) in [6.45, 7) is 23.6. The van der Waals surface area contributed by atoms with Crippen LogP contribution in [0.15, 0.2) is 0 Å². The Morgan fingerprint density at radius 2 is 1.67 bits per heavy atom. The fraction of sp³-hybridized carbons (Fsp3) is 0.976. The fourth-order valence-corrected chi connectivity index (χ4v) is 14.1. The molecule has 9 heteroatoms. The number of fused-ring (bicyclic) bond motifs is 4. The van der Waals surface area contributed by atoms with Crippen LogP contribution in [0.2, 0.25) is 0 Å². The van der Waals surface area contributed by atoms with Crippen LogP contribution in [-0.4, -0.2) is 108 Å². The van der Waals surface area contributed by atoms with Gasteiger partial charge in [0.2, 0.25) is 0 Å². The average Bonchev–Trinajstić information content (AvgIpc) is 3.59. The molecule has 12 atom stereocenters. The van der Waals surface area contributed by atoms with Crippen molar-refractivity contribution >= 4 is 6.09 Å². The maximum atomic E-state index is 12.5. The number of likely N-dealkylation sites (tertiary alicyclic amines) is 1. The maximum absolute atomic E-state index is 12.5. The number of aliphatic hydroxyl groups is 1. The molecule has 5 aliphatic carbocycles. The Morgan fingerprint density at radius 1 is 0.922 bits per heavy atom. The number of ether oxygens (including phenoxy) is 5. The van der Waals surface area contributed by atoms with Gasteiger partial charge in [-0.15, -0.1) is 0 Å². The first kappa shape index (κ1) is 37.0. The van der Waals surface area contributed by atoms with Gasteiger partial charge < -0.3 is 33.7 Å². The van der Waals surface area contributed by atoms with Crippen LogP contribution in [-0.2, 0) is 23.7 Å². The second-order valence-electron chi connectivity index (χ2n) is 20.8. The van der Waals surface area contributed by atoms with Crippen LogP contribution >= 0.6 is 0 Å². The molecule has 1 amide bonds. The summed E-state index contributed by atoms with van der Waals surface area (Å²) in [5, 5.41) is 11.0. The van der Waals surface area contributed by atoms with E-state index in [9.17, 15) is 9.90 Å². The molecule has 9 nitrogen and oxygen atoms in total. The first-order chi connectivity index (χ1) is 23.9. The molecule has 5 saturated carbocycles. The zero-order valence-corrected chi connectivity index (χ0v) is 33.4. The van der Waals surface area contributed by atoms with Gasteiger partial charge in [0.05, 0.1) is 37.1 Å². The Bertz CT molecular complexity index is 1320. The van der Waals surface area contributed by atoms with Crippen LogP contribution in [0.1, 0.15) is 127 Å². The van der Waals surface area contributed by atoms with E-state index in [1.165, 1.54) is 51.4 Å². The molecule has 0 aromatic carbocycles. The topological polar surface area (TPSA) is 89.9 Å². The highest BCUT2D eigenvalue weighted by Crippen LogP contribution is 2.87. The van der Waals surface area contributed by atoms with Crippen LogP contribution in [0.3, 0.4) is 0 Å². The van der Waals surface area contributed by atoms with Crippen LogP contribution in [0, 0.1) is 45.3 Å². The Balaban J connectivity index is 0.902. The van der Waals surface area contributed by atoms with Gasteiger partial charge in [-0.05, 0) is 151 Å². The molecular weight excluding hydrogens is 644 g/mol. The molecule has 8 rings (SSSR count). The first-order valence-electron chi connectivity index (χ1n) is 20.9. The Kier molecular flexibility index (Phi) is 9.08. The predicted octanol–water partition coefficient (Wildman–Crippen LogP) is 7.03. The molecule has 0 bridgehead atoms. The molecular formula is C42H70N2O7. The number of hydrogen-bond acceptors (Lipinski definition) is 8. The van der Waals surface area contributed by atoms with Gasteiger partial charge in [0.15, 0.2) is 6.29 Å². The van der Waals surface area contributed by atoms with Crippen LogP contribution in [0.25, 0.3) is 0 Å². The highest BCUT2D eigenvalue weighted by molar-refractivity contribution is 5.69. The summed E-state index contributed by atoms with van der Waals surface area (Å²) in [5.41, 5.74) is 0.0552. The largest absolute Gasteiger partial charge is 0.444 e. The Hall–Kier alpha value is -0.970. The summed E-state index contributed by atoms with van der Waals surface area (Å²) in [7, 11) is 0. The van der Waals surface area contributed by atoms with Crippen molar-refractivity contribution in [1.82, 2.24) is 9.80 Å². The lowest BCUT2D eigenvalue weighted by molar-refractivity contribution is -0.250. The second-order valence-corrected chi connectivity index (χ2v) is 20.8. The van der Waals surface area contributed by atoms with Crippen molar-refractivity contribution in [2.75, 3.05) is 39.4 Å². The van der Waals surface area contributed by atoms with E-state index in [1.807, 2.05) is 46.4 Å². The average molecular weight is 715 g/mol. The van der Waals surface area contributed by atoms with E-state index in [1.54, 1.807) is 0 Å². The summed E-state index contributed by atoms with van der Waals surface area (Å²) in [4.78, 5) is 16.8. The first-order valence-corrected chi connectivity index (χ1v) is 20.9. The van der Waals surface area contributed by atoms with Crippen molar-refractivity contribution in [3.63, 3.8) is 0 Å². The SMILES string of the molecule is CCOC(C1CCC2C(CC3C4CCC5C(C)(C)C(OC6CN(C7CN(C(=O)OC(C)(C)C)C7)CCO6)CCC56CC46CCC23C)O1)C(C)(C)O. The molecule has 8 fully saturated rings. The summed E-state index contributed by atoms with van der Waals surface area (Å²) in [6, 6.07) is 0.345. The minimum Gasteiger partial charge on any atom is -0.444 e. The van der Waals surface area contributed by atoms with Crippen molar-refractivity contribution in [2.45, 2.75) is 174 Å². The second kappa shape index (κ2) is 12.5. The molecule has 3 aliphatic heterocycles. The fourth-order valence-electron chi connectivity index (χ4n) is 14.1. The zero-order valence-electron chi connectivity index (χ0n) is 33.4. The third kappa shape index (κ3) is 5.95. The van der Waals surface area contributed by atoms with Crippen molar-refractivity contribution in [1.29, 1.82) is 0 Å². The van der Waals surface area contributed by atoms with Crippen molar-refractivity contribution < 1.29 is 33.6 Å². The molecule has 3 saturated heterocycles. The lowest BCUT2D eigenvalue weighted by Crippen LogP contribution is -2.64. The minimum absolute atomic E-state index is 0.0242. The van der Waals surface area contributed by atoms with Gasteiger partial charge in [-0.1, -0.05) is 20.8 Å². The minimum atomic E-state index is -0.911. The van der Waals surface area contributed by atoms with Gasteiger partial charge in [0, 0.05) is 32.3 Å². The Labute approximate surface area is 308 Å². The van der Waals surface area contributed by atoms with Crippen LogP contribution in [0.5, 0.6) is 0 Å². The number of carbonyl (C=O) groups excluding carboxylic acids is 1. The quantitative estimate of drug-likeness (QED) is 0.301. The van der Waals surface area contributed by atoms with E-state index in [-0.39, 0.29) is 36.1 Å². The summed E-state index contributed by atoms with van der Waals surface area (Å²) in [6.07, 6.45) is 12.4. The molecule has 8 aliphatic rings. The highest BCUT2D eigenvalue weighted by Gasteiger charge is 2.80. The monoisotopic (exact) mass is 715 g/mol. The van der Waals surface area contributed by atoms with E-state index in [0.29, 0.717) is 66.5 Å². The van der Waals surface area contributed by atoms with E-state index < -0.39 is 11.2 Å². The number of nitrogens with zero attached hydrogens (tertiary/aromatic N) is 2. The summed E-state index contributed by atoms with van der Waals surface area (Å²) < 4.78 is 32.0. The third-order valence-electron chi connectivity index (χ3n) is 16.4. The van der Waals surface area contributed by atoms with E-state index in [4.69, 9.17) is 23.7 Å². The third-order valence-corrected chi connectivity index (χ3v) is 16.4. The normalized spacial score (nSPS) is 45.7. The van der Waals surface area contributed by atoms with Gasteiger partial charge in [-0.25, -0.2) is 4.79 Å². The van der Waals surface area contributed by atoms with E-state index >= 15 is 0 Å². The van der Waals surface area contributed by atoms with Gasteiger partial charge in [-0.3, -0.25) is 4.90 Å². The van der Waals surface area contributed by atoms with Crippen molar-refractivity contribution in [3.05, 3.63) is 0 Å². The van der Waals surface area contributed by atoms with Gasteiger partial charge in [-0.2, -0.15) is 0 Å². The van der Waals surface area contributed by atoms with Crippen molar-refractivity contribution in [2.24, 2.45) is 45.3 Å². The Morgan fingerprint density at radius 3 is 2.37 bits per heavy atom. The molecule has 290 valence electrons. The van der Waals surface area contributed by atoms with Gasteiger partial charge >= 0.3 is 6.09 Å². The molecule has 2 spiro atoms. The smallest absolute Gasteiger partial charge is 0.410 e. The summed E-state index contributed by atoms with van der Waals surface area (Å²) in [5.74, 6) is 2.87. The number of morpholine rings is 1. The van der Waals surface area contributed by atoms with Crippen LogP contribution < -0.4 is 0 Å². The number of hydrogen-bond donors (Lipinski definition) is 1. The molecule has 3 heterocycles. The van der Waals surface area contributed by atoms with Gasteiger partial charge in [0.1, 0.15) is 11.7 Å². The highest BCUT2D eigenvalue weighted by atomic mass is 16.7. The molecule has 12 unspecified atom stereocenters. The van der Waals surface area contributed by atoms with E-state index in [0.717, 1.165) is 37.8 Å². The predicted molar refractivity (Wildman–Crippen MR) is 195 cm³/mol. The van der Waals surface area contributed by atoms with E-state index in [2.05, 4.69) is 25.7 Å². The molecule has 0 aromatic rings. The number of amides is 1. The number of carbonyl (C=O) groups is 1. The van der Waals surface area contributed by atoms with Crippen molar-refractivity contribution in [3.8, 4) is 0 Å². The lowest BCUT2D eigenvalue weighted by Gasteiger charge is -2.60. The maximum Gasteiger partial charge on any atom is 0.410 e. The zero-order chi connectivity index (χ0) is 36.4. The molecule has 51 heavy (non-hydrogen) atoms. The molecule has 0 radical (unpaired) electrons. The lowest BCUT2D eigenvalue weighted by atomic mass is 9.46. The standard InChI is InChI=1S/C42H70N2O7/c1-10-47-35(39(7,8)46)30-13-11-28-31(49-30)21-29-27-12-14-32-38(5,6)33(15-16-42(32)25-41(27,42)18-17-40(28,29)9)50-34-24-43(19-20-48-34)26-22-44(23-26)36(45)51-37(2,3)4/h26-35,46H,10-25H2,1-9H3. The molecule has 0 aromatic heterocycles.